The summed E-state index contributed by atoms with van der Waals surface area (Å²) in [5.41, 5.74) is 0.860. The largest absolute Gasteiger partial charge is 0.381 e. The fraction of sp³-hybridized carbons (Fsp3) is 0.538. The van der Waals surface area contributed by atoms with Crippen molar-refractivity contribution in [2.75, 3.05) is 31.2 Å². The highest BCUT2D eigenvalue weighted by Crippen LogP contribution is 2.34. The Kier molecular flexibility index (Phi) is 4.76. The summed E-state index contributed by atoms with van der Waals surface area (Å²) in [6.45, 7) is 5.08. The van der Waals surface area contributed by atoms with Gasteiger partial charge in [0.2, 0.25) is 0 Å². The first-order valence-electron chi connectivity index (χ1n) is 6.38. The van der Waals surface area contributed by atoms with Crippen LogP contribution in [0.3, 0.4) is 0 Å². The van der Waals surface area contributed by atoms with E-state index >= 15 is 0 Å². The second-order valence-electron chi connectivity index (χ2n) is 4.65. The van der Waals surface area contributed by atoms with Gasteiger partial charge in [-0.3, -0.25) is 10.1 Å². The fourth-order valence-corrected chi connectivity index (χ4v) is 2.73. The molecule has 2 rings (SSSR count). The quantitative estimate of drug-likeness (QED) is 0.615. The van der Waals surface area contributed by atoms with Crippen molar-refractivity contribution in [3.05, 3.63) is 32.8 Å². The minimum absolute atomic E-state index is 0.167. The van der Waals surface area contributed by atoms with Gasteiger partial charge in [-0.2, -0.15) is 0 Å². The van der Waals surface area contributed by atoms with Gasteiger partial charge >= 0.3 is 0 Å². The molecule has 5 nitrogen and oxygen atoms in total. The third-order valence-electron chi connectivity index (χ3n) is 3.32. The van der Waals surface area contributed by atoms with Crippen LogP contribution in [0, 0.1) is 16.0 Å². The summed E-state index contributed by atoms with van der Waals surface area (Å²) in [5, 5.41) is 11.1. The van der Waals surface area contributed by atoms with E-state index in [1.54, 1.807) is 12.1 Å². The number of rotatable bonds is 5. The van der Waals surface area contributed by atoms with Crippen molar-refractivity contribution in [2.45, 2.75) is 13.3 Å². The molecule has 1 fully saturated rings. The molecule has 0 amide bonds. The van der Waals surface area contributed by atoms with E-state index in [-0.39, 0.29) is 10.6 Å². The lowest BCUT2D eigenvalue weighted by molar-refractivity contribution is -0.384. The fourth-order valence-electron chi connectivity index (χ4n) is 2.38. The van der Waals surface area contributed by atoms with Gasteiger partial charge in [-0.15, -0.1) is 0 Å². The SMILES string of the molecule is CCOCC1CCN(c2cc(Br)ccc2[N+](=O)[O-])C1. The summed E-state index contributed by atoms with van der Waals surface area (Å²) >= 11 is 3.38. The zero-order valence-corrected chi connectivity index (χ0v) is 12.4. The van der Waals surface area contributed by atoms with Crippen LogP contribution in [-0.2, 0) is 4.74 Å². The number of halogens is 1. The van der Waals surface area contributed by atoms with Crippen LogP contribution in [-0.4, -0.2) is 31.2 Å². The van der Waals surface area contributed by atoms with E-state index in [0.717, 1.165) is 30.6 Å². The molecule has 19 heavy (non-hydrogen) atoms. The first-order valence-corrected chi connectivity index (χ1v) is 7.17. The summed E-state index contributed by atoms with van der Waals surface area (Å²) in [4.78, 5) is 12.8. The third kappa shape index (κ3) is 3.45. The molecule has 1 unspecified atom stereocenters. The summed E-state index contributed by atoms with van der Waals surface area (Å²) in [5.74, 6) is 0.457. The Morgan fingerprint density at radius 1 is 1.58 bits per heavy atom. The molecule has 0 saturated carbocycles. The normalized spacial score (nSPS) is 18.8. The number of nitro benzene ring substituents is 1. The Morgan fingerprint density at radius 3 is 3.05 bits per heavy atom. The standard InChI is InChI=1S/C13H17BrN2O3/c1-2-19-9-10-5-6-15(8-10)13-7-11(14)3-4-12(13)16(17)18/h3-4,7,10H,2,5-6,8-9H2,1H3. The van der Waals surface area contributed by atoms with Crippen molar-refractivity contribution in [2.24, 2.45) is 5.92 Å². The molecular formula is C13H17BrN2O3. The van der Waals surface area contributed by atoms with Gasteiger partial charge in [0.05, 0.1) is 11.5 Å². The second-order valence-corrected chi connectivity index (χ2v) is 5.57. The number of nitro groups is 1. The van der Waals surface area contributed by atoms with Crippen molar-refractivity contribution in [1.82, 2.24) is 0 Å². The van der Waals surface area contributed by atoms with E-state index in [0.29, 0.717) is 18.2 Å². The molecule has 1 aliphatic heterocycles. The molecular weight excluding hydrogens is 312 g/mol. The molecule has 1 heterocycles. The highest BCUT2D eigenvalue weighted by Gasteiger charge is 2.27. The molecule has 1 aliphatic rings. The van der Waals surface area contributed by atoms with E-state index in [2.05, 4.69) is 20.8 Å². The average Bonchev–Trinajstić information content (AvgIpc) is 2.84. The minimum Gasteiger partial charge on any atom is -0.381 e. The van der Waals surface area contributed by atoms with Gasteiger partial charge in [0.15, 0.2) is 0 Å². The lowest BCUT2D eigenvalue weighted by Gasteiger charge is -2.19. The molecule has 6 heteroatoms. The van der Waals surface area contributed by atoms with Crippen LogP contribution in [0.4, 0.5) is 11.4 Å². The zero-order chi connectivity index (χ0) is 13.8. The minimum atomic E-state index is -0.322. The Labute approximate surface area is 120 Å². The predicted molar refractivity (Wildman–Crippen MR) is 77.6 cm³/mol. The van der Waals surface area contributed by atoms with Gasteiger partial charge in [0.1, 0.15) is 5.69 Å². The number of nitrogens with zero attached hydrogens (tertiary/aromatic N) is 2. The number of benzene rings is 1. The van der Waals surface area contributed by atoms with Crippen LogP contribution < -0.4 is 4.90 Å². The predicted octanol–water partition coefficient (Wildman–Crippen LogP) is 3.22. The van der Waals surface area contributed by atoms with Crippen molar-refractivity contribution in [1.29, 1.82) is 0 Å². The Balaban J connectivity index is 2.14. The lowest BCUT2D eigenvalue weighted by atomic mass is 10.1. The van der Waals surface area contributed by atoms with Crippen molar-refractivity contribution >= 4 is 27.3 Å². The number of ether oxygens (including phenoxy) is 1. The molecule has 1 atom stereocenters. The molecule has 0 radical (unpaired) electrons. The summed E-state index contributed by atoms with van der Waals surface area (Å²) in [6, 6.07) is 5.08. The van der Waals surface area contributed by atoms with Gasteiger partial charge in [-0.05, 0) is 25.5 Å². The van der Waals surface area contributed by atoms with Gasteiger partial charge in [-0.1, -0.05) is 15.9 Å². The molecule has 104 valence electrons. The molecule has 0 aromatic heterocycles. The lowest BCUT2D eigenvalue weighted by Crippen LogP contribution is -2.22. The summed E-state index contributed by atoms with van der Waals surface area (Å²) in [6.07, 6.45) is 1.02. The third-order valence-corrected chi connectivity index (χ3v) is 3.81. The summed E-state index contributed by atoms with van der Waals surface area (Å²) < 4.78 is 6.30. The van der Waals surface area contributed by atoms with Crippen LogP contribution in [0.1, 0.15) is 13.3 Å². The maximum absolute atomic E-state index is 11.1. The number of anilines is 1. The summed E-state index contributed by atoms with van der Waals surface area (Å²) in [7, 11) is 0. The number of hydrogen-bond acceptors (Lipinski definition) is 4. The van der Waals surface area contributed by atoms with E-state index in [1.165, 1.54) is 0 Å². The Morgan fingerprint density at radius 2 is 2.37 bits per heavy atom. The van der Waals surface area contributed by atoms with Gasteiger partial charge < -0.3 is 9.64 Å². The molecule has 0 aliphatic carbocycles. The van der Waals surface area contributed by atoms with Crippen LogP contribution >= 0.6 is 15.9 Å². The Bertz CT molecular complexity index is 467. The molecule has 0 spiro atoms. The topological polar surface area (TPSA) is 55.6 Å². The smallest absolute Gasteiger partial charge is 0.292 e. The first kappa shape index (κ1) is 14.3. The van der Waals surface area contributed by atoms with Gasteiger partial charge in [-0.25, -0.2) is 0 Å². The Hall–Kier alpha value is -1.14. The van der Waals surface area contributed by atoms with Crippen LogP contribution in [0.5, 0.6) is 0 Å². The molecule has 0 N–H and O–H groups in total. The molecule has 0 bridgehead atoms. The van der Waals surface area contributed by atoms with Crippen LogP contribution in [0.15, 0.2) is 22.7 Å². The van der Waals surface area contributed by atoms with E-state index in [1.807, 2.05) is 13.0 Å². The van der Waals surface area contributed by atoms with Crippen molar-refractivity contribution < 1.29 is 9.66 Å². The van der Waals surface area contributed by atoms with Gasteiger partial charge in [0, 0.05) is 36.2 Å². The van der Waals surface area contributed by atoms with Crippen molar-refractivity contribution in [3.8, 4) is 0 Å². The maximum Gasteiger partial charge on any atom is 0.292 e. The first-order chi connectivity index (χ1) is 9.11. The molecule has 1 saturated heterocycles. The zero-order valence-electron chi connectivity index (χ0n) is 10.8. The highest BCUT2D eigenvalue weighted by molar-refractivity contribution is 9.10. The van der Waals surface area contributed by atoms with Crippen molar-refractivity contribution in [3.63, 3.8) is 0 Å². The monoisotopic (exact) mass is 328 g/mol. The van der Waals surface area contributed by atoms with E-state index < -0.39 is 0 Å². The van der Waals surface area contributed by atoms with E-state index in [9.17, 15) is 10.1 Å². The maximum atomic E-state index is 11.1. The van der Waals surface area contributed by atoms with E-state index in [4.69, 9.17) is 4.74 Å². The molecule has 1 aromatic carbocycles. The van der Waals surface area contributed by atoms with Crippen LogP contribution in [0.25, 0.3) is 0 Å². The second kappa shape index (κ2) is 6.34. The average molecular weight is 329 g/mol. The van der Waals surface area contributed by atoms with Gasteiger partial charge in [0.25, 0.3) is 5.69 Å². The van der Waals surface area contributed by atoms with Crippen LogP contribution in [0.2, 0.25) is 0 Å². The number of hydrogen-bond donors (Lipinski definition) is 0. The highest BCUT2D eigenvalue weighted by atomic mass is 79.9. The molecule has 1 aromatic rings.